The van der Waals surface area contributed by atoms with E-state index in [1.807, 2.05) is 19.1 Å². The van der Waals surface area contributed by atoms with E-state index < -0.39 is 12.1 Å². The highest BCUT2D eigenvalue weighted by molar-refractivity contribution is 6.30. The highest BCUT2D eigenvalue weighted by atomic mass is 35.5. The maximum absolute atomic E-state index is 11.5. The van der Waals surface area contributed by atoms with Gasteiger partial charge in [0.1, 0.15) is 11.5 Å². The Morgan fingerprint density at radius 1 is 1.23 bits per heavy atom. The number of ether oxygens (including phenoxy) is 2. The molecule has 1 N–H and O–H groups in total. The van der Waals surface area contributed by atoms with Crippen LogP contribution in [0, 0.1) is 6.92 Å². The second-order valence-electron chi connectivity index (χ2n) is 4.92. The molecule has 0 fully saturated rings. The molecule has 0 saturated heterocycles. The number of hydrogen-bond acceptors (Lipinski definition) is 3. The fraction of sp³-hybridized carbons (Fsp3) is 0.235. The van der Waals surface area contributed by atoms with Crippen LogP contribution in [0.1, 0.15) is 11.1 Å². The predicted molar refractivity (Wildman–Crippen MR) is 84.9 cm³/mol. The number of carboxylic acid groups (broad SMARTS) is 1. The number of methoxy groups -OCH3 is 1. The minimum Gasteiger partial charge on any atom is -0.496 e. The number of carboxylic acids is 1. The molecule has 22 heavy (non-hydrogen) atoms. The third-order valence-electron chi connectivity index (χ3n) is 3.22. The molecular weight excluding hydrogens is 304 g/mol. The van der Waals surface area contributed by atoms with Gasteiger partial charge in [-0.15, -0.1) is 0 Å². The van der Waals surface area contributed by atoms with E-state index in [0.29, 0.717) is 22.1 Å². The second kappa shape index (κ2) is 7.18. The summed E-state index contributed by atoms with van der Waals surface area (Å²) in [5.74, 6) is 0.0600. The average Bonchev–Trinajstić information content (AvgIpc) is 2.49. The van der Waals surface area contributed by atoms with Crippen LogP contribution in [0.5, 0.6) is 11.5 Å². The molecule has 0 saturated carbocycles. The van der Waals surface area contributed by atoms with Gasteiger partial charge in [-0.1, -0.05) is 29.3 Å². The largest absolute Gasteiger partial charge is 0.496 e. The summed E-state index contributed by atoms with van der Waals surface area (Å²) in [6, 6.07) is 12.3. The zero-order valence-electron chi connectivity index (χ0n) is 12.4. The number of aliphatic carboxylic acids is 1. The van der Waals surface area contributed by atoms with Crippen molar-refractivity contribution in [2.45, 2.75) is 19.4 Å². The highest BCUT2D eigenvalue weighted by Gasteiger charge is 2.22. The van der Waals surface area contributed by atoms with E-state index in [1.165, 1.54) is 7.11 Å². The zero-order valence-corrected chi connectivity index (χ0v) is 13.1. The molecule has 4 nitrogen and oxygen atoms in total. The van der Waals surface area contributed by atoms with Crippen LogP contribution in [0.15, 0.2) is 42.5 Å². The Kier molecular flexibility index (Phi) is 5.28. The Labute approximate surface area is 134 Å². The molecule has 0 aliphatic heterocycles. The fourth-order valence-corrected chi connectivity index (χ4v) is 2.26. The van der Waals surface area contributed by atoms with Gasteiger partial charge in [0.05, 0.1) is 7.11 Å². The van der Waals surface area contributed by atoms with Crippen molar-refractivity contribution in [3.63, 3.8) is 0 Å². The molecule has 0 aromatic heterocycles. The van der Waals surface area contributed by atoms with E-state index in [-0.39, 0.29) is 6.42 Å². The van der Waals surface area contributed by atoms with E-state index in [4.69, 9.17) is 21.1 Å². The van der Waals surface area contributed by atoms with Gasteiger partial charge in [-0.2, -0.15) is 0 Å². The van der Waals surface area contributed by atoms with Crippen LogP contribution in [-0.2, 0) is 11.2 Å². The molecule has 116 valence electrons. The summed E-state index contributed by atoms with van der Waals surface area (Å²) >= 11 is 5.97. The first-order valence-corrected chi connectivity index (χ1v) is 7.16. The standard InChI is InChI=1S/C17H17ClO4/c1-11-3-6-14(7-4-11)22-16(17(19)20)10-12-9-13(18)5-8-15(12)21-2/h3-9,16H,10H2,1-2H3,(H,19,20)/t16-/m1/s1. The van der Waals surface area contributed by atoms with Gasteiger partial charge in [0, 0.05) is 11.4 Å². The second-order valence-corrected chi connectivity index (χ2v) is 5.35. The van der Waals surface area contributed by atoms with E-state index in [0.717, 1.165) is 5.56 Å². The van der Waals surface area contributed by atoms with Crippen molar-refractivity contribution in [2.75, 3.05) is 7.11 Å². The van der Waals surface area contributed by atoms with Crippen molar-refractivity contribution < 1.29 is 19.4 Å². The molecular formula is C17H17ClO4. The van der Waals surface area contributed by atoms with Crippen molar-refractivity contribution in [3.05, 3.63) is 58.6 Å². The lowest BCUT2D eigenvalue weighted by Crippen LogP contribution is -2.29. The summed E-state index contributed by atoms with van der Waals surface area (Å²) in [7, 11) is 1.53. The monoisotopic (exact) mass is 320 g/mol. The van der Waals surface area contributed by atoms with Gasteiger partial charge >= 0.3 is 5.97 Å². The van der Waals surface area contributed by atoms with Gasteiger partial charge in [-0.05, 0) is 42.8 Å². The molecule has 2 aromatic carbocycles. The average molecular weight is 321 g/mol. The Morgan fingerprint density at radius 2 is 1.91 bits per heavy atom. The van der Waals surface area contributed by atoms with Crippen LogP contribution in [0.2, 0.25) is 5.02 Å². The van der Waals surface area contributed by atoms with Crippen LogP contribution >= 0.6 is 11.6 Å². The first-order chi connectivity index (χ1) is 10.5. The number of aryl methyl sites for hydroxylation is 1. The highest BCUT2D eigenvalue weighted by Crippen LogP contribution is 2.25. The molecule has 1 atom stereocenters. The molecule has 0 heterocycles. The molecule has 0 bridgehead atoms. The lowest BCUT2D eigenvalue weighted by molar-refractivity contribution is -0.145. The quantitative estimate of drug-likeness (QED) is 0.881. The van der Waals surface area contributed by atoms with Gasteiger partial charge in [-0.3, -0.25) is 0 Å². The topological polar surface area (TPSA) is 55.8 Å². The Morgan fingerprint density at radius 3 is 2.50 bits per heavy atom. The van der Waals surface area contributed by atoms with Crippen molar-refractivity contribution in [3.8, 4) is 11.5 Å². The Balaban J connectivity index is 2.20. The van der Waals surface area contributed by atoms with Gasteiger partial charge in [0.15, 0.2) is 6.10 Å². The van der Waals surface area contributed by atoms with Gasteiger partial charge in [0.25, 0.3) is 0 Å². The fourth-order valence-electron chi connectivity index (χ4n) is 2.07. The van der Waals surface area contributed by atoms with Crippen LogP contribution in [0.4, 0.5) is 0 Å². The maximum atomic E-state index is 11.5. The molecule has 5 heteroatoms. The number of benzene rings is 2. The van der Waals surface area contributed by atoms with Crippen LogP contribution < -0.4 is 9.47 Å². The summed E-state index contributed by atoms with van der Waals surface area (Å²) in [6.07, 6.45) is -0.859. The number of halogens is 1. The molecule has 2 aromatic rings. The molecule has 0 unspecified atom stereocenters. The Bertz CT molecular complexity index is 652. The predicted octanol–water partition coefficient (Wildman–Crippen LogP) is 3.73. The van der Waals surface area contributed by atoms with Crippen LogP contribution in [0.3, 0.4) is 0 Å². The maximum Gasteiger partial charge on any atom is 0.345 e. The number of carbonyl (C=O) groups is 1. The smallest absolute Gasteiger partial charge is 0.345 e. The van der Waals surface area contributed by atoms with Crippen LogP contribution in [-0.4, -0.2) is 24.3 Å². The Hall–Kier alpha value is -2.20. The molecule has 0 aliphatic rings. The van der Waals surface area contributed by atoms with Crippen molar-refractivity contribution in [2.24, 2.45) is 0 Å². The summed E-state index contributed by atoms with van der Waals surface area (Å²) in [5, 5.41) is 9.91. The zero-order chi connectivity index (χ0) is 16.1. The van der Waals surface area contributed by atoms with Gasteiger partial charge < -0.3 is 14.6 Å². The molecule has 2 rings (SSSR count). The van der Waals surface area contributed by atoms with Gasteiger partial charge in [-0.25, -0.2) is 4.79 Å². The lowest BCUT2D eigenvalue weighted by atomic mass is 10.1. The molecule has 0 amide bonds. The summed E-state index contributed by atoms with van der Waals surface area (Å²) in [5.41, 5.74) is 1.77. The SMILES string of the molecule is COc1ccc(Cl)cc1C[C@@H](Oc1ccc(C)cc1)C(=O)O. The van der Waals surface area contributed by atoms with E-state index in [2.05, 4.69) is 0 Å². The van der Waals surface area contributed by atoms with Crippen LogP contribution in [0.25, 0.3) is 0 Å². The van der Waals surface area contributed by atoms with E-state index >= 15 is 0 Å². The molecule has 0 aliphatic carbocycles. The third-order valence-corrected chi connectivity index (χ3v) is 3.46. The first-order valence-electron chi connectivity index (χ1n) is 6.78. The minimum absolute atomic E-state index is 0.160. The van der Waals surface area contributed by atoms with Gasteiger partial charge in [0.2, 0.25) is 0 Å². The summed E-state index contributed by atoms with van der Waals surface area (Å²) in [4.78, 5) is 11.5. The normalized spacial score (nSPS) is 11.8. The summed E-state index contributed by atoms with van der Waals surface area (Å²) < 4.78 is 10.8. The minimum atomic E-state index is -1.04. The van der Waals surface area contributed by atoms with Crippen molar-refractivity contribution >= 4 is 17.6 Å². The summed E-state index contributed by atoms with van der Waals surface area (Å²) in [6.45, 7) is 1.95. The van der Waals surface area contributed by atoms with Crippen molar-refractivity contribution in [1.82, 2.24) is 0 Å². The third kappa shape index (κ3) is 4.15. The number of hydrogen-bond donors (Lipinski definition) is 1. The van der Waals surface area contributed by atoms with E-state index in [1.54, 1.807) is 30.3 Å². The molecule has 0 radical (unpaired) electrons. The van der Waals surface area contributed by atoms with Crippen molar-refractivity contribution in [1.29, 1.82) is 0 Å². The van der Waals surface area contributed by atoms with E-state index in [9.17, 15) is 9.90 Å². The lowest BCUT2D eigenvalue weighted by Gasteiger charge is -2.17. The molecule has 0 spiro atoms. The first kappa shape index (κ1) is 16.2. The number of rotatable bonds is 6.